The first-order chi connectivity index (χ1) is 8.97. The smallest absolute Gasteiger partial charge is 0.330 e. The number of aliphatic hydroxyl groups is 2. The molecule has 0 unspecified atom stereocenters. The standard InChI is InChI=1S/C10H14O4.C4H10O2/c1-5-8(11)13-7-10(3,4)14-9(12)6-2;1-4(2,6)3-5/h5-6H,1-2,7H2,3-4H3;5-6H,3H2,1-2H3. The Balaban J connectivity index is 0. The van der Waals surface area contributed by atoms with E-state index in [1.165, 1.54) is 0 Å². The predicted molar refractivity (Wildman–Crippen MR) is 74.9 cm³/mol. The van der Waals surface area contributed by atoms with Crippen molar-refractivity contribution in [1.29, 1.82) is 0 Å². The van der Waals surface area contributed by atoms with Gasteiger partial charge in [-0.25, -0.2) is 9.59 Å². The highest BCUT2D eigenvalue weighted by molar-refractivity contribution is 5.82. The van der Waals surface area contributed by atoms with E-state index in [1.807, 2.05) is 0 Å². The Morgan fingerprint density at radius 2 is 1.50 bits per heavy atom. The van der Waals surface area contributed by atoms with E-state index in [0.717, 1.165) is 12.2 Å². The van der Waals surface area contributed by atoms with Crippen LogP contribution < -0.4 is 0 Å². The molecule has 116 valence electrons. The zero-order valence-corrected chi connectivity index (χ0v) is 12.5. The molecule has 0 aliphatic carbocycles. The lowest BCUT2D eigenvalue weighted by Gasteiger charge is -2.23. The lowest BCUT2D eigenvalue weighted by atomic mass is 10.1. The van der Waals surface area contributed by atoms with E-state index in [1.54, 1.807) is 27.7 Å². The summed E-state index contributed by atoms with van der Waals surface area (Å²) in [5.74, 6) is -1.10. The third kappa shape index (κ3) is 14.4. The van der Waals surface area contributed by atoms with Crippen LogP contribution in [0, 0.1) is 0 Å². The highest BCUT2D eigenvalue weighted by atomic mass is 16.6. The molecular formula is C14H24O6. The predicted octanol–water partition coefficient (Wildman–Crippen LogP) is 0.973. The van der Waals surface area contributed by atoms with Gasteiger partial charge in [0.25, 0.3) is 0 Å². The number of ether oxygens (including phenoxy) is 2. The van der Waals surface area contributed by atoms with Crippen LogP contribution in [0.3, 0.4) is 0 Å². The minimum absolute atomic E-state index is 0.0164. The molecule has 0 aromatic heterocycles. The molecule has 0 rings (SSSR count). The van der Waals surface area contributed by atoms with Gasteiger partial charge in [0, 0.05) is 12.2 Å². The van der Waals surface area contributed by atoms with Crippen molar-refractivity contribution in [1.82, 2.24) is 0 Å². The number of hydrogen-bond donors (Lipinski definition) is 2. The van der Waals surface area contributed by atoms with E-state index in [2.05, 4.69) is 13.2 Å². The van der Waals surface area contributed by atoms with Crippen LogP contribution in [0.25, 0.3) is 0 Å². The van der Waals surface area contributed by atoms with Crippen LogP contribution in [-0.4, -0.2) is 46.6 Å². The van der Waals surface area contributed by atoms with E-state index in [-0.39, 0.29) is 13.2 Å². The van der Waals surface area contributed by atoms with Crippen molar-refractivity contribution in [3.8, 4) is 0 Å². The maximum atomic E-state index is 10.8. The molecule has 2 N–H and O–H groups in total. The highest BCUT2D eigenvalue weighted by Crippen LogP contribution is 2.10. The van der Waals surface area contributed by atoms with Gasteiger partial charge in [0.15, 0.2) is 0 Å². The molecular weight excluding hydrogens is 264 g/mol. The maximum absolute atomic E-state index is 10.8. The summed E-state index contributed by atoms with van der Waals surface area (Å²) in [7, 11) is 0. The summed E-state index contributed by atoms with van der Waals surface area (Å²) >= 11 is 0. The lowest BCUT2D eigenvalue weighted by molar-refractivity contribution is -0.161. The molecule has 0 atom stereocenters. The van der Waals surface area contributed by atoms with Gasteiger partial charge in [0.1, 0.15) is 12.2 Å². The second kappa shape index (κ2) is 9.28. The summed E-state index contributed by atoms with van der Waals surface area (Å²) in [4.78, 5) is 21.6. The van der Waals surface area contributed by atoms with E-state index >= 15 is 0 Å². The molecule has 0 spiro atoms. The molecule has 0 saturated heterocycles. The van der Waals surface area contributed by atoms with Gasteiger partial charge in [0.2, 0.25) is 0 Å². The number of esters is 2. The summed E-state index contributed by atoms with van der Waals surface area (Å²) in [5, 5.41) is 16.7. The van der Waals surface area contributed by atoms with Crippen molar-refractivity contribution in [2.24, 2.45) is 0 Å². The van der Waals surface area contributed by atoms with Crippen LogP contribution in [-0.2, 0) is 19.1 Å². The van der Waals surface area contributed by atoms with Crippen LogP contribution in [0.1, 0.15) is 27.7 Å². The summed E-state index contributed by atoms with van der Waals surface area (Å²) < 4.78 is 9.65. The van der Waals surface area contributed by atoms with Gasteiger partial charge in [-0.1, -0.05) is 13.2 Å². The van der Waals surface area contributed by atoms with Crippen LogP contribution in [0.5, 0.6) is 0 Å². The summed E-state index contributed by atoms with van der Waals surface area (Å²) in [6.45, 7) is 12.7. The molecule has 0 aromatic rings. The normalized spacial score (nSPS) is 10.7. The van der Waals surface area contributed by atoms with Crippen molar-refractivity contribution in [3.63, 3.8) is 0 Å². The molecule has 6 nitrogen and oxygen atoms in total. The third-order valence-corrected chi connectivity index (χ3v) is 1.66. The topological polar surface area (TPSA) is 93.1 Å². The fraction of sp³-hybridized carbons (Fsp3) is 0.571. The van der Waals surface area contributed by atoms with Crippen LogP contribution in [0.2, 0.25) is 0 Å². The van der Waals surface area contributed by atoms with Crippen molar-refractivity contribution < 1.29 is 29.3 Å². The largest absolute Gasteiger partial charge is 0.458 e. The molecule has 0 aliphatic heterocycles. The average Bonchev–Trinajstić information content (AvgIpc) is 2.35. The Kier molecular flexibility index (Phi) is 9.58. The molecule has 0 heterocycles. The summed E-state index contributed by atoms with van der Waals surface area (Å²) in [6.07, 6.45) is 2.10. The second-order valence-corrected chi connectivity index (χ2v) is 5.17. The molecule has 0 fully saturated rings. The van der Waals surface area contributed by atoms with Crippen molar-refractivity contribution in [2.75, 3.05) is 13.2 Å². The summed E-state index contributed by atoms with van der Waals surface area (Å²) in [6, 6.07) is 0. The molecule has 0 amide bonds. The Labute approximate surface area is 119 Å². The van der Waals surface area contributed by atoms with E-state index in [0.29, 0.717) is 0 Å². The van der Waals surface area contributed by atoms with Crippen LogP contribution in [0.15, 0.2) is 25.3 Å². The fourth-order valence-electron chi connectivity index (χ4n) is 0.647. The van der Waals surface area contributed by atoms with Gasteiger partial charge in [-0.2, -0.15) is 0 Å². The first-order valence-corrected chi connectivity index (χ1v) is 5.95. The molecule has 0 bridgehead atoms. The molecule has 0 radical (unpaired) electrons. The summed E-state index contributed by atoms with van der Waals surface area (Å²) in [5.41, 5.74) is -1.76. The van der Waals surface area contributed by atoms with Gasteiger partial charge >= 0.3 is 11.9 Å². The molecule has 6 heteroatoms. The molecule has 0 aliphatic rings. The van der Waals surface area contributed by atoms with Crippen LogP contribution in [0.4, 0.5) is 0 Å². The van der Waals surface area contributed by atoms with Gasteiger partial charge in [0.05, 0.1) is 12.2 Å². The number of carbonyl (C=O) groups excluding carboxylic acids is 2. The SMILES string of the molecule is C=CC(=O)OCC(C)(C)OC(=O)C=C.CC(C)(O)CO. The highest BCUT2D eigenvalue weighted by Gasteiger charge is 2.23. The van der Waals surface area contributed by atoms with Gasteiger partial charge in [-0.15, -0.1) is 0 Å². The third-order valence-electron chi connectivity index (χ3n) is 1.66. The minimum atomic E-state index is -0.903. The number of hydrogen-bond acceptors (Lipinski definition) is 6. The number of aliphatic hydroxyl groups excluding tert-OH is 1. The fourth-order valence-corrected chi connectivity index (χ4v) is 0.647. The Hall–Kier alpha value is -1.66. The van der Waals surface area contributed by atoms with E-state index in [4.69, 9.17) is 19.7 Å². The quantitative estimate of drug-likeness (QED) is 0.559. The second-order valence-electron chi connectivity index (χ2n) is 5.17. The Bertz CT molecular complexity index is 338. The number of rotatable bonds is 6. The minimum Gasteiger partial charge on any atom is -0.458 e. The molecule has 0 aromatic carbocycles. The molecule has 20 heavy (non-hydrogen) atoms. The maximum Gasteiger partial charge on any atom is 0.330 e. The molecule has 0 saturated carbocycles. The first-order valence-electron chi connectivity index (χ1n) is 5.95. The van der Waals surface area contributed by atoms with E-state index < -0.39 is 23.1 Å². The van der Waals surface area contributed by atoms with Crippen LogP contribution >= 0.6 is 0 Å². The van der Waals surface area contributed by atoms with Crippen molar-refractivity contribution in [2.45, 2.75) is 38.9 Å². The number of carbonyl (C=O) groups is 2. The van der Waals surface area contributed by atoms with Gasteiger partial charge in [-0.05, 0) is 27.7 Å². The zero-order valence-electron chi connectivity index (χ0n) is 12.5. The lowest BCUT2D eigenvalue weighted by Crippen LogP contribution is -2.33. The first kappa shape index (κ1) is 20.7. The Morgan fingerprint density at radius 3 is 1.80 bits per heavy atom. The van der Waals surface area contributed by atoms with Crippen molar-refractivity contribution >= 4 is 11.9 Å². The zero-order chi connectivity index (χ0) is 16.4. The van der Waals surface area contributed by atoms with E-state index in [9.17, 15) is 9.59 Å². The van der Waals surface area contributed by atoms with Gasteiger partial charge in [-0.3, -0.25) is 0 Å². The Morgan fingerprint density at radius 1 is 1.10 bits per heavy atom. The van der Waals surface area contributed by atoms with Crippen molar-refractivity contribution in [3.05, 3.63) is 25.3 Å². The van der Waals surface area contributed by atoms with Gasteiger partial charge < -0.3 is 19.7 Å². The monoisotopic (exact) mass is 288 g/mol. The average molecular weight is 288 g/mol.